The molecule has 1 N–H and O–H groups in total. The number of nitrogens with zero attached hydrogens (tertiary/aromatic N) is 1. The van der Waals surface area contributed by atoms with Crippen molar-refractivity contribution in [2.45, 2.75) is 83.7 Å². The minimum absolute atomic E-state index is 0.0526. The fourth-order valence-corrected chi connectivity index (χ4v) is 8.89. The molecule has 198 valence electrons. The van der Waals surface area contributed by atoms with Crippen LogP contribution in [-0.4, -0.2) is 36.0 Å². The fraction of sp³-hybridized carbons (Fsp3) is 0.714. The average Bonchev–Trinajstić information content (AvgIpc) is 3.18. The van der Waals surface area contributed by atoms with E-state index in [-0.39, 0.29) is 47.2 Å². The smallest absolute Gasteiger partial charge is 0.352 e. The molecule has 8 heteroatoms. The SMILES string of the molecule is CN1C(=O)[C@H](F)C[C@]2(C)C3CC[C@]4(C)[C@@H](C(=O)NCc5ccccc5C(F)(F)F)CC[C@H]4C3CC[C@@H]12. The summed E-state index contributed by atoms with van der Waals surface area (Å²) < 4.78 is 54.9. The van der Waals surface area contributed by atoms with E-state index in [4.69, 9.17) is 0 Å². The summed E-state index contributed by atoms with van der Waals surface area (Å²) in [5.74, 6) is 0.208. The quantitative estimate of drug-likeness (QED) is 0.529. The van der Waals surface area contributed by atoms with Crippen molar-refractivity contribution in [2.75, 3.05) is 7.05 Å². The van der Waals surface area contributed by atoms with Crippen molar-refractivity contribution in [3.8, 4) is 0 Å². The van der Waals surface area contributed by atoms with Crippen molar-refractivity contribution in [1.82, 2.24) is 10.2 Å². The molecule has 5 rings (SSSR count). The molecule has 4 fully saturated rings. The van der Waals surface area contributed by atoms with E-state index >= 15 is 0 Å². The number of nitrogens with one attached hydrogen (secondary N) is 1. The van der Waals surface area contributed by atoms with Crippen LogP contribution < -0.4 is 5.32 Å². The maximum Gasteiger partial charge on any atom is 0.416 e. The molecule has 3 aliphatic carbocycles. The number of rotatable bonds is 3. The van der Waals surface area contributed by atoms with E-state index in [9.17, 15) is 27.2 Å². The molecule has 1 aliphatic heterocycles. The van der Waals surface area contributed by atoms with Crippen LogP contribution in [0.4, 0.5) is 17.6 Å². The number of piperidine rings is 1. The van der Waals surface area contributed by atoms with Crippen molar-refractivity contribution in [3.05, 3.63) is 35.4 Å². The summed E-state index contributed by atoms with van der Waals surface area (Å²) in [6, 6.07) is 5.42. The highest BCUT2D eigenvalue weighted by molar-refractivity contribution is 5.82. The Balaban J connectivity index is 1.31. The van der Waals surface area contributed by atoms with Crippen LogP contribution in [0.3, 0.4) is 0 Å². The van der Waals surface area contributed by atoms with Crippen molar-refractivity contribution in [3.63, 3.8) is 0 Å². The lowest BCUT2D eigenvalue weighted by Crippen LogP contribution is -2.64. The molecule has 1 heterocycles. The third-order valence-electron chi connectivity index (χ3n) is 10.6. The van der Waals surface area contributed by atoms with Gasteiger partial charge >= 0.3 is 6.18 Å². The molecule has 0 radical (unpaired) electrons. The number of likely N-dealkylation sites (tertiary alicyclic amines) is 1. The summed E-state index contributed by atoms with van der Waals surface area (Å²) in [6.45, 7) is 4.19. The standard InChI is InChI=1S/C28H36F4N2O2/c1-26-13-12-20-17(8-11-23-27(20,2)14-22(29)25(36)34(23)3)19(26)9-10-21(26)24(35)33-15-16-6-4-5-7-18(16)28(30,31)32/h4-7,17,19-23H,8-15H2,1-3H3,(H,33,35)/t17?,19-,20?,21+,22+,23+,26-,27+/m0/s1. The zero-order valence-electron chi connectivity index (χ0n) is 21.2. The molecular weight excluding hydrogens is 472 g/mol. The predicted molar refractivity (Wildman–Crippen MR) is 127 cm³/mol. The number of hydrogen-bond acceptors (Lipinski definition) is 2. The highest BCUT2D eigenvalue weighted by Gasteiger charge is 2.63. The molecule has 1 saturated heterocycles. The molecule has 3 saturated carbocycles. The van der Waals surface area contributed by atoms with Crippen LogP contribution in [0.25, 0.3) is 0 Å². The Hall–Kier alpha value is -2.12. The van der Waals surface area contributed by atoms with Gasteiger partial charge in [-0.05, 0) is 85.2 Å². The molecule has 0 bridgehead atoms. The molecular formula is C28H36F4N2O2. The molecule has 0 aromatic heterocycles. The molecule has 0 spiro atoms. The Morgan fingerprint density at radius 1 is 1.06 bits per heavy atom. The van der Waals surface area contributed by atoms with Gasteiger partial charge in [0.15, 0.2) is 6.17 Å². The summed E-state index contributed by atoms with van der Waals surface area (Å²) in [5, 5.41) is 2.82. The van der Waals surface area contributed by atoms with Crippen molar-refractivity contribution < 1.29 is 27.2 Å². The second-order valence-electron chi connectivity index (χ2n) is 12.1. The van der Waals surface area contributed by atoms with Crippen LogP contribution in [0.15, 0.2) is 24.3 Å². The fourth-order valence-electron chi connectivity index (χ4n) is 8.89. The Bertz CT molecular complexity index is 1040. The van der Waals surface area contributed by atoms with Gasteiger partial charge in [-0.2, -0.15) is 13.2 Å². The largest absolute Gasteiger partial charge is 0.416 e. The van der Waals surface area contributed by atoms with Crippen LogP contribution in [0.5, 0.6) is 0 Å². The summed E-state index contributed by atoms with van der Waals surface area (Å²) >= 11 is 0. The third kappa shape index (κ3) is 3.85. The van der Waals surface area contributed by atoms with Crippen LogP contribution in [0.2, 0.25) is 0 Å². The Kier molecular flexibility index (Phi) is 6.19. The Morgan fingerprint density at radius 3 is 2.47 bits per heavy atom. The van der Waals surface area contributed by atoms with Gasteiger partial charge in [-0.1, -0.05) is 32.0 Å². The number of alkyl halides is 4. The second-order valence-corrected chi connectivity index (χ2v) is 12.1. The maximum atomic E-state index is 14.7. The van der Waals surface area contributed by atoms with Gasteiger partial charge in [0.1, 0.15) is 0 Å². The lowest BCUT2D eigenvalue weighted by molar-refractivity contribution is -0.169. The van der Waals surface area contributed by atoms with Gasteiger partial charge < -0.3 is 10.2 Å². The number of halogens is 4. The van der Waals surface area contributed by atoms with Gasteiger partial charge in [-0.15, -0.1) is 0 Å². The second kappa shape index (κ2) is 8.73. The highest BCUT2D eigenvalue weighted by Crippen LogP contribution is 2.66. The summed E-state index contributed by atoms with van der Waals surface area (Å²) in [6.07, 6.45) is -0.469. The minimum Gasteiger partial charge on any atom is -0.352 e. The van der Waals surface area contributed by atoms with E-state index < -0.39 is 23.8 Å². The summed E-state index contributed by atoms with van der Waals surface area (Å²) in [4.78, 5) is 27.3. The van der Waals surface area contributed by atoms with E-state index in [0.29, 0.717) is 17.8 Å². The minimum atomic E-state index is -4.46. The lowest BCUT2D eigenvalue weighted by Gasteiger charge is -2.62. The van der Waals surface area contributed by atoms with E-state index in [2.05, 4.69) is 19.2 Å². The number of carbonyl (C=O) groups excluding carboxylic acids is 2. The first-order valence-corrected chi connectivity index (χ1v) is 13.2. The van der Waals surface area contributed by atoms with Crippen LogP contribution in [0, 0.1) is 34.5 Å². The molecule has 1 aromatic rings. The van der Waals surface area contributed by atoms with Gasteiger partial charge in [0.05, 0.1) is 5.56 Å². The predicted octanol–water partition coefficient (Wildman–Crippen LogP) is 5.75. The number of carbonyl (C=O) groups is 2. The van der Waals surface area contributed by atoms with Crippen LogP contribution in [-0.2, 0) is 22.3 Å². The first-order chi connectivity index (χ1) is 16.9. The van der Waals surface area contributed by atoms with Crippen LogP contribution in [0.1, 0.15) is 69.9 Å². The monoisotopic (exact) mass is 508 g/mol. The van der Waals surface area contributed by atoms with Gasteiger partial charge in [0, 0.05) is 25.6 Å². The molecule has 1 aromatic carbocycles. The first kappa shape index (κ1) is 25.5. The Labute approximate surface area is 210 Å². The third-order valence-corrected chi connectivity index (χ3v) is 10.6. The molecule has 4 nitrogen and oxygen atoms in total. The molecule has 4 aliphatic rings. The van der Waals surface area contributed by atoms with Crippen molar-refractivity contribution in [1.29, 1.82) is 0 Å². The van der Waals surface area contributed by atoms with E-state index in [1.807, 2.05) is 0 Å². The van der Waals surface area contributed by atoms with Gasteiger partial charge in [0.25, 0.3) is 5.91 Å². The number of hydrogen-bond donors (Lipinski definition) is 1. The highest BCUT2D eigenvalue weighted by atomic mass is 19.4. The van der Waals surface area contributed by atoms with E-state index in [1.165, 1.54) is 12.1 Å². The molecule has 8 atom stereocenters. The van der Waals surface area contributed by atoms with E-state index in [1.54, 1.807) is 18.0 Å². The van der Waals surface area contributed by atoms with Gasteiger partial charge in [0.2, 0.25) is 5.91 Å². The molecule has 2 amide bonds. The molecule has 36 heavy (non-hydrogen) atoms. The topological polar surface area (TPSA) is 49.4 Å². The lowest BCUT2D eigenvalue weighted by atomic mass is 9.46. The Morgan fingerprint density at radius 2 is 1.75 bits per heavy atom. The van der Waals surface area contributed by atoms with Crippen LogP contribution >= 0.6 is 0 Å². The maximum absolute atomic E-state index is 14.7. The van der Waals surface area contributed by atoms with Crippen molar-refractivity contribution >= 4 is 11.8 Å². The number of fused-ring (bicyclic) bond motifs is 5. The summed E-state index contributed by atoms with van der Waals surface area (Å²) in [5.41, 5.74) is -1.13. The van der Waals surface area contributed by atoms with Gasteiger partial charge in [-0.3, -0.25) is 9.59 Å². The average molecular weight is 509 g/mol. The zero-order chi connectivity index (χ0) is 26.0. The zero-order valence-corrected chi connectivity index (χ0v) is 21.2. The summed E-state index contributed by atoms with van der Waals surface area (Å²) in [7, 11) is 1.73. The first-order valence-electron chi connectivity index (χ1n) is 13.2. The van der Waals surface area contributed by atoms with Gasteiger partial charge in [-0.25, -0.2) is 4.39 Å². The normalized spacial score (nSPS) is 40.3. The van der Waals surface area contributed by atoms with Crippen molar-refractivity contribution in [2.24, 2.45) is 34.5 Å². The number of benzene rings is 1. The van der Waals surface area contributed by atoms with E-state index in [0.717, 1.165) is 44.6 Å². The number of amides is 2. The molecule has 2 unspecified atom stereocenters.